The van der Waals surface area contributed by atoms with Crippen molar-refractivity contribution in [3.8, 4) is 0 Å². The topological polar surface area (TPSA) is 99.5 Å². The van der Waals surface area contributed by atoms with Crippen LogP contribution in [0.1, 0.15) is 41.5 Å². The molecule has 2 unspecified atom stereocenters. The quantitative estimate of drug-likeness (QED) is 0.656. The van der Waals surface area contributed by atoms with Gasteiger partial charge in [-0.1, -0.05) is 24.3 Å². The second-order valence-electron chi connectivity index (χ2n) is 8.86. The smallest absolute Gasteiger partial charge is 0.410 e. The lowest BCUT2D eigenvalue weighted by atomic mass is 10.2. The number of carbonyl (C=O) groups is 2. The SMILES string of the molecule is C=CCN(CC(O)C=C)C(=O)OC(C)(C)C.CC(C)(C)OC(=O)N1CC=CC(O)C1. The Morgan fingerprint density at radius 2 is 1.77 bits per heavy atom. The van der Waals surface area contributed by atoms with Gasteiger partial charge in [0, 0.05) is 13.1 Å². The fourth-order valence-corrected chi connectivity index (χ4v) is 2.19. The van der Waals surface area contributed by atoms with Crippen LogP contribution in [-0.4, -0.2) is 81.8 Å². The molecule has 0 aromatic carbocycles. The molecule has 8 nitrogen and oxygen atoms in total. The molecule has 0 aliphatic carbocycles. The van der Waals surface area contributed by atoms with Crippen molar-refractivity contribution in [2.75, 3.05) is 26.2 Å². The Balaban J connectivity index is 0.000000564. The zero-order chi connectivity index (χ0) is 23.5. The predicted octanol–water partition coefficient (Wildman–Crippen LogP) is 3.11. The highest BCUT2D eigenvalue weighted by molar-refractivity contribution is 5.69. The molecule has 0 bridgehead atoms. The van der Waals surface area contributed by atoms with Gasteiger partial charge in [0.25, 0.3) is 0 Å². The summed E-state index contributed by atoms with van der Waals surface area (Å²) in [5.41, 5.74) is -1.03. The third-order valence-electron chi connectivity index (χ3n) is 3.42. The fourth-order valence-electron chi connectivity index (χ4n) is 2.19. The van der Waals surface area contributed by atoms with Crippen molar-refractivity contribution < 1.29 is 29.3 Å². The van der Waals surface area contributed by atoms with Gasteiger partial charge in [0.2, 0.25) is 0 Å². The molecule has 172 valence electrons. The van der Waals surface area contributed by atoms with E-state index >= 15 is 0 Å². The molecule has 30 heavy (non-hydrogen) atoms. The molecule has 0 saturated carbocycles. The lowest BCUT2D eigenvalue weighted by Crippen LogP contribution is -2.42. The van der Waals surface area contributed by atoms with Crippen molar-refractivity contribution in [3.63, 3.8) is 0 Å². The molecule has 1 aliphatic heterocycles. The van der Waals surface area contributed by atoms with Crippen LogP contribution in [0.25, 0.3) is 0 Å². The molecule has 0 saturated heterocycles. The summed E-state index contributed by atoms with van der Waals surface area (Å²) < 4.78 is 10.4. The van der Waals surface area contributed by atoms with Crippen molar-refractivity contribution >= 4 is 12.2 Å². The van der Waals surface area contributed by atoms with Gasteiger partial charge >= 0.3 is 12.2 Å². The molecule has 0 spiro atoms. The number of hydrogen-bond acceptors (Lipinski definition) is 6. The van der Waals surface area contributed by atoms with E-state index in [2.05, 4.69) is 13.2 Å². The number of hydrogen-bond donors (Lipinski definition) is 2. The predicted molar refractivity (Wildman–Crippen MR) is 117 cm³/mol. The first-order chi connectivity index (χ1) is 13.7. The van der Waals surface area contributed by atoms with Crippen molar-refractivity contribution in [3.05, 3.63) is 37.5 Å². The Kier molecular flexibility index (Phi) is 11.4. The summed E-state index contributed by atoms with van der Waals surface area (Å²) in [4.78, 5) is 26.1. The van der Waals surface area contributed by atoms with Gasteiger partial charge in [0.1, 0.15) is 11.2 Å². The van der Waals surface area contributed by atoms with Crippen molar-refractivity contribution in [1.29, 1.82) is 0 Å². The monoisotopic (exact) mass is 426 g/mol. The summed E-state index contributed by atoms with van der Waals surface area (Å²) in [6.07, 6.45) is 4.23. The van der Waals surface area contributed by atoms with Crippen LogP contribution in [0.4, 0.5) is 9.59 Å². The first-order valence-corrected chi connectivity index (χ1v) is 9.90. The van der Waals surface area contributed by atoms with Crippen LogP contribution < -0.4 is 0 Å². The van der Waals surface area contributed by atoms with E-state index in [0.29, 0.717) is 19.6 Å². The van der Waals surface area contributed by atoms with Gasteiger partial charge in [-0.3, -0.25) is 0 Å². The van der Waals surface area contributed by atoms with E-state index in [9.17, 15) is 19.8 Å². The lowest BCUT2D eigenvalue weighted by molar-refractivity contribution is 0.0187. The Morgan fingerprint density at radius 3 is 2.20 bits per heavy atom. The van der Waals surface area contributed by atoms with Crippen molar-refractivity contribution in [2.24, 2.45) is 0 Å². The van der Waals surface area contributed by atoms with Crippen molar-refractivity contribution in [1.82, 2.24) is 9.80 Å². The maximum Gasteiger partial charge on any atom is 0.410 e. The number of ether oxygens (including phenoxy) is 2. The standard InChI is InChI=1S/C12H21NO3.C10H17NO3/c1-6-8-13(9-10(14)7-2)11(15)16-12(3,4)5;1-10(2,3)14-9(13)11-6-4-5-8(12)7-11/h6-7,10,14H,1-2,8-9H2,3-5H3;4-5,8,12H,6-7H2,1-3H3. The highest BCUT2D eigenvalue weighted by Gasteiger charge is 2.24. The van der Waals surface area contributed by atoms with Gasteiger partial charge < -0.3 is 29.5 Å². The Bertz CT molecular complexity index is 604. The molecule has 8 heteroatoms. The Hall–Kier alpha value is -2.32. The Morgan fingerprint density at radius 1 is 1.20 bits per heavy atom. The second kappa shape index (κ2) is 12.4. The number of carbonyl (C=O) groups excluding carboxylic acids is 2. The molecule has 2 N–H and O–H groups in total. The summed E-state index contributed by atoms with van der Waals surface area (Å²) >= 11 is 0. The third-order valence-corrected chi connectivity index (χ3v) is 3.42. The minimum Gasteiger partial charge on any atom is -0.444 e. The zero-order valence-corrected chi connectivity index (χ0v) is 19.1. The van der Waals surface area contributed by atoms with Gasteiger partial charge in [-0.2, -0.15) is 0 Å². The minimum absolute atomic E-state index is 0.157. The number of aliphatic hydroxyl groups is 2. The van der Waals surface area contributed by atoms with E-state index in [1.807, 2.05) is 20.8 Å². The number of nitrogens with zero attached hydrogens (tertiary/aromatic N) is 2. The molecule has 1 rings (SSSR count). The molecule has 1 heterocycles. The van der Waals surface area contributed by atoms with Crippen LogP contribution in [0, 0.1) is 0 Å². The minimum atomic E-state index is -0.757. The molecule has 0 fully saturated rings. The van der Waals surface area contributed by atoms with Crippen molar-refractivity contribution in [2.45, 2.75) is 65.0 Å². The first-order valence-electron chi connectivity index (χ1n) is 9.90. The second-order valence-corrected chi connectivity index (χ2v) is 8.86. The lowest BCUT2D eigenvalue weighted by Gasteiger charge is -2.29. The van der Waals surface area contributed by atoms with Crippen LogP contribution in [0.2, 0.25) is 0 Å². The summed E-state index contributed by atoms with van der Waals surface area (Å²) in [6, 6.07) is 0. The van der Waals surface area contributed by atoms with Gasteiger partial charge in [0.15, 0.2) is 0 Å². The van der Waals surface area contributed by atoms with E-state index in [4.69, 9.17) is 9.47 Å². The van der Waals surface area contributed by atoms with Crippen LogP contribution in [0.3, 0.4) is 0 Å². The normalized spacial score (nSPS) is 17.2. The van der Waals surface area contributed by atoms with E-state index in [1.54, 1.807) is 39.0 Å². The number of β-amino-alcohol motifs (C(OH)–C–C–N with tert-alkyl or cyclic N) is 1. The fraction of sp³-hybridized carbons (Fsp3) is 0.636. The molecule has 0 radical (unpaired) electrons. The first kappa shape index (κ1) is 27.7. The third kappa shape index (κ3) is 13.0. The average molecular weight is 427 g/mol. The van der Waals surface area contributed by atoms with E-state index < -0.39 is 29.5 Å². The Labute approximate surface area is 180 Å². The molecular formula is C22H38N2O6. The largest absolute Gasteiger partial charge is 0.444 e. The highest BCUT2D eigenvalue weighted by Crippen LogP contribution is 2.12. The zero-order valence-electron chi connectivity index (χ0n) is 19.1. The van der Waals surface area contributed by atoms with E-state index in [1.165, 1.54) is 15.9 Å². The van der Waals surface area contributed by atoms with Gasteiger partial charge in [-0.15, -0.1) is 13.2 Å². The summed E-state index contributed by atoms with van der Waals surface area (Å²) in [6.45, 7) is 19.2. The molecule has 2 amide bonds. The van der Waals surface area contributed by atoms with E-state index in [0.717, 1.165) is 0 Å². The molecule has 0 aromatic heterocycles. The molecule has 0 aromatic rings. The maximum atomic E-state index is 11.7. The molecule has 2 atom stereocenters. The van der Waals surface area contributed by atoms with Gasteiger partial charge in [0.05, 0.1) is 25.3 Å². The van der Waals surface area contributed by atoms with Gasteiger partial charge in [-0.05, 0) is 41.5 Å². The van der Waals surface area contributed by atoms with Crippen LogP contribution in [-0.2, 0) is 9.47 Å². The van der Waals surface area contributed by atoms with Gasteiger partial charge in [-0.25, -0.2) is 9.59 Å². The average Bonchev–Trinajstić information content (AvgIpc) is 2.58. The van der Waals surface area contributed by atoms with Crippen LogP contribution in [0.15, 0.2) is 37.5 Å². The highest BCUT2D eigenvalue weighted by atomic mass is 16.6. The van der Waals surface area contributed by atoms with E-state index in [-0.39, 0.29) is 12.6 Å². The maximum absolute atomic E-state index is 11.7. The molecule has 1 aliphatic rings. The number of amides is 2. The number of rotatable bonds is 5. The summed E-state index contributed by atoms with van der Waals surface area (Å²) in [5, 5.41) is 18.7. The van der Waals surface area contributed by atoms with Crippen LogP contribution >= 0.6 is 0 Å². The molecular weight excluding hydrogens is 388 g/mol. The summed E-state index contributed by atoms with van der Waals surface area (Å²) in [5.74, 6) is 0. The van der Waals surface area contributed by atoms with Crippen LogP contribution in [0.5, 0.6) is 0 Å². The summed E-state index contributed by atoms with van der Waals surface area (Å²) in [7, 11) is 0. The number of aliphatic hydroxyl groups excluding tert-OH is 2.